The van der Waals surface area contributed by atoms with Gasteiger partial charge in [-0.1, -0.05) is 36.0 Å². The standard InChI is InChI=1S/C23H24N3O2S2.C7H8O3S/c1-5-12-25-13-8-7-9-16(25)14-20-26(6-2)22(27)21(30-20)23-24(3)18-15-17(28-4)10-11-19(18)29-23;1-6-2-4-7(5-3-6)11(8,9)10/h5,7-11,13-15H,1,6,12H2,2-4H3;2-5H,1H3,(H,8,9,10)/q+1;/p-1/b23-21+;. The number of pyridine rings is 1. The molecule has 0 spiro atoms. The van der Waals surface area contributed by atoms with Crippen molar-refractivity contribution in [3.63, 3.8) is 0 Å². The van der Waals surface area contributed by atoms with Gasteiger partial charge in [0.25, 0.3) is 5.56 Å². The molecular weight excluding hydrogens is 579 g/mol. The Kier molecular flexibility index (Phi) is 9.54. The van der Waals surface area contributed by atoms with Crippen LogP contribution in [0.4, 0.5) is 5.69 Å². The van der Waals surface area contributed by atoms with Gasteiger partial charge in [-0.2, -0.15) is 4.57 Å². The predicted molar refractivity (Wildman–Crippen MR) is 164 cm³/mol. The summed E-state index contributed by atoms with van der Waals surface area (Å²) >= 11 is 3.17. The van der Waals surface area contributed by atoms with Crippen molar-refractivity contribution in [1.82, 2.24) is 4.57 Å². The SMILES string of the molecule is C=CC[n+]1ccccc1/C=c1\s/c(=C2/Sc3ccc(OC)cc3N2C)c(=O)n1CC.Cc1ccc(S(=O)(=O)[O-])cc1. The minimum Gasteiger partial charge on any atom is -0.744 e. The Labute approximate surface area is 247 Å². The van der Waals surface area contributed by atoms with Crippen molar-refractivity contribution in [2.45, 2.75) is 36.7 Å². The van der Waals surface area contributed by atoms with Crippen LogP contribution in [0.15, 0.2) is 94.1 Å². The zero-order valence-electron chi connectivity index (χ0n) is 23.2. The summed E-state index contributed by atoms with van der Waals surface area (Å²) in [6, 6.07) is 17.9. The van der Waals surface area contributed by atoms with Crippen LogP contribution in [-0.4, -0.2) is 31.7 Å². The maximum Gasteiger partial charge on any atom is 0.271 e. The molecule has 0 saturated heterocycles. The Balaban J connectivity index is 0.000000296. The van der Waals surface area contributed by atoms with Crippen molar-refractivity contribution in [2.75, 3.05) is 19.1 Å². The van der Waals surface area contributed by atoms with Crippen molar-refractivity contribution >= 4 is 50.0 Å². The average molecular weight is 610 g/mol. The average Bonchev–Trinajstić information content (AvgIpc) is 3.44. The van der Waals surface area contributed by atoms with Gasteiger partial charge < -0.3 is 14.2 Å². The third-order valence-electron chi connectivity index (χ3n) is 6.34. The number of aromatic nitrogens is 2. The zero-order valence-corrected chi connectivity index (χ0v) is 25.7. The largest absolute Gasteiger partial charge is 0.744 e. The molecule has 214 valence electrons. The number of methoxy groups -OCH3 is 1. The molecule has 0 aliphatic carbocycles. The van der Waals surface area contributed by atoms with Gasteiger partial charge in [-0.25, -0.2) is 8.42 Å². The van der Waals surface area contributed by atoms with Crippen LogP contribution in [0, 0.1) is 6.92 Å². The van der Waals surface area contributed by atoms with E-state index in [4.69, 9.17) is 4.74 Å². The molecule has 0 saturated carbocycles. The Morgan fingerprint density at radius 1 is 1.12 bits per heavy atom. The second-order valence-corrected chi connectivity index (χ2v) is 12.5. The van der Waals surface area contributed by atoms with Crippen molar-refractivity contribution in [3.8, 4) is 5.75 Å². The topological polar surface area (TPSA) is 95.6 Å². The molecule has 2 aromatic carbocycles. The molecule has 1 aliphatic rings. The van der Waals surface area contributed by atoms with Gasteiger partial charge in [0.2, 0.25) is 5.69 Å². The van der Waals surface area contributed by atoms with E-state index in [-0.39, 0.29) is 10.5 Å². The molecule has 0 unspecified atom stereocenters. The fourth-order valence-corrected chi connectivity index (χ4v) is 7.09. The number of nitrogens with zero attached hydrogens (tertiary/aromatic N) is 3. The number of ether oxygens (including phenoxy) is 1. The van der Waals surface area contributed by atoms with Crippen molar-refractivity contribution in [3.05, 3.63) is 110 Å². The fourth-order valence-electron chi connectivity index (χ4n) is 4.18. The molecule has 0 atom stereocenters. The Morgan fingerprint density at radius 2 is 1.85 bits per heavy atom. The highest BCUT2D eigenvalue weighted by Crippen LogP contribution is 2.46. The number of thioether (sulfide) groups is 1. The van der Waals surface area contributed by atoms with Crippen molar-refractivity contribution < 1.29 is 22.3 Å². The summed E-state index contributed by atoms with van der Waals surface area (Å²) in [5.74, 6) is 0.810. The summed E-state index contributed by atoms with van der Waals surface area (Å²) in [7, 11) is -0.603. The molecule has 0 N–H and O–H groups in total. The number of allylic oxidation sites excluding steroid dienone is 1. The molecule has 8 nitrogen and oxygen atoms in total. The number of thiazole rings is 1. The van der Waals surface area contributed by atoms with Gasteiger partial charge in [0.15, 0.2) is 12.7 Å². The first-order valence-corrected chi connectivity index (χ1v) is 15.8. The highest BCUT2D eigenvalue weighted by Gasteiger charge is 2.25. The first-order valence-electron chi connectivity index (χ1n) is 12.7. The van der Waals surface area contributed by atoms with Crippen molar-refractivity contribution in [2.24, 2.45) is 0 Å². The van der Waals surface area contributed by atoms with Crippen molar-refractivity contribution in [1.29, 1.82) is 0 Å². The van der Waals surface area contributed by atoms with Gasteiger partial charge in [-0.15, -0.1) is 11.3 Å². The van der Waals surface area contributed by atoms with Crippen LogP contribution in [0.3, 0.4) is 0 Å². The molecule has 41 heavy (non-hydrogen) atoms. The minimum absolute atomic E-state index is 0.0501. The van der Waals surface area contributed by atoms with Gasteiger partial charge in [0, 0.05) is 42.8 Å². The fraction of sp³-hybridized carbons (Fsp3) is 0.200. The third-order valence-corrected chi connectivity index (χ3v) is 9.68. The number of anilines is 1. The van der Waals surface area contributed by atoms with E-state index in [9.17, 15) is 17.8 Å². The lowest BCUT2D eigenvalue weighted by atomic mass is 10.2. The van der Waals surface area contributed by atoms with E-state index >= 15 is 0 Å². The van der Waals surface area contributed by atoms with Crippen LogP contribution in [0.1, 0.15) is 18.2 Å². The van der Waals surface area contributed by atoms with Crippen LogP contribution in [-0.2, 0) is 23.2 Å². The minimum atomic E-state index is -4.27. The molecule has 0 bridgehead atoms. The van der Waals surface area contributed by atoms with Gasteiger partial charge in [-0.05, 0) is 50.3 Å². The lowest BCUT2D eigenvalue weighted by Crippen LogP contribution is -2.37. The first kappa shape index (κ1) is 30.3. The van der Waals surface area contributed by atoms with Gasteiger partial charge >= 0.3 is 0 Å². The molecule has 11 heteroatoms. The van der Waals surface area contributed by atoms with Crippen LogP contribution in [0.2, 0.25) is 0 Å². The normalized spacial score (nSPS) is 14.4. The van der Waals surface area contributed by atoms with Gasteiger partial charge in [-0.3, -0.25) is 9.36 Å². The van der Waals surface area contributed by atoms with Crippen LogP contribution in [0.25, 0.3) is 11.1 Å². The summed E-state index contributed by atoms with van der Waals surface area (Å²) in [6.45, 7) is 9.01. The van der Waals surface area contributed by atoms with E-state index in [2.05, 4.69) is 28.2 Å². The molecule has 5 rings (SSSR count). The van der Waals surface area contributed by atoms with E-state index in [1.165, 1.54) is 23.5 Å². The molecule has 4 aromatic rings. The molecule has 0 amide bonds. The molecule has 0 radical (unpaired) electrons. The van der Waals surface area contributed by atoms with E-state index in [0.717, 1.165) is 41.8 Å². The quantitative estimate of drug-likeness (QED) is 0.188. The number of fused-ring (bicyclic) bond motifs is 1. The second kappa shape index (κ2) is 12.9. The third kappa shape index (κ3) is 6.82. The van der Waals surface area contributed by atoms with Crippen LogP contribution in [0.5, 0.6) is 5.75 Å². The van der Waals surface area contributed by atoms with Gasteiger partial charge in [0.05, 0.1) is 17.7 Å². The Morgan fingerprint density at radius 3 is 2.49 bits per heavy atom. The van der Waals surface area contributed by atoms with Crippen LogP contribution < -0.4 is 29.0 Å². The molecule has 0 fully saturated rings. The summed E-state index contributed by atoms with van der Waals surface area (Å²) in [5, 5.41) is 0.960. The predicted octanol–water partition coefficient (Wildman–Crippen LogP) is 3.45. The summed E-state index contributed by atoms with van der Waals surface area (Å²) in [6.07, 6.45) is 5.98. The highest BCUT2D eigenvalue weighted by atomic mass is 32.2. The number of rotatable bonds is 6. The smallest absolute Gasteiger partial charge is 0.271 e. The molecule has 1 aliphatic heterocycles. The van der Waals surface area contributed by atoms with Crippen LogP contribution >= 0.6 is 23.1 Å². The number of hydrogen-bond donors (Lipinski definition) is 0. The molecule has 3 heterocycles. The summed E-state index contributed by atoms with van der Waals surface area (Å²) in [5.41, 5.74) is 3.08. The number of aryl methyl sites for hydroxylation is 1. The van der Waals surface area contributed by atoms with E-state index in [0.29, 0.717) is 13.1 Å². The Bertz CT molecular complexity index is 1860. The monoisotopic (exact) mass is 609 g/mol. The van der Waals surface area contributed by atoms with E-state index < -0.39 is 10.1 Å². The number of hydrogen-bond acceptors (Lipinski definition) is 8. The zero-order chi connectivity index (χ0) is 29.7. The lowest BCUT2D eigenvalue weighted by Gasteiger charge is -2.13. The van der Waals surface area contributed by atoms with E-state index in [1.807, 2.05) is 68.1 Å². The maximum atomic E-state index is 13.3. The number of benzene rings is 2. The maximum absolute atomic E-state index is 13.3. The summed E-state index contributed by atoms with van der Waals surface area (Å²) in [4.78, 5) is 16.3. The molecular formula is C30H31N3O5S3. The molecule has 2 aromatic heterocycles. The second-order valence-electron chi connectivity index (χ2n) is 9.10. The van der Waals surface area contributed by atoms with E-state index in [1.54, 1.807) is 31.0 Å². The Hall–Kier alpha value is -3.64. The van der Waals surface area contributed by atoms with Gasteiger partial charge in [0.1, 0.15) is 30.1 Å². The lowest BCUT2D eigenvalue weighted by molar-refractivity contribution is -0.688. The highest BCUT2D eigenvalue weighted by molar-refractivity contribution is 8.08. The summed E-state index contributed by atoms with van der Waals surface area (Å²) < 4.78 is 42.2. The first-order chi connectivity index (χ1) is 19.6.